The summed E-state index contributed by atoms with van der Waals surface area (Å²) in [7, 11) is 1.55. The summed E-state index contributed by atoms with van der Waals surface area (Å²) in [5.74, 6) is 0.674. The standard InChI is InChI=1S/C9H10BrF2NO/c1-14-8-3-2-6(4-7(8)10)13-5-9(11)12/h2-4,9,13H,5H2,1H3. The number of anilines is 1. The van der Waals surface area contributed by atoms with Crippen molar-refractivity contribution in [2.45, 2.75) is 6.43 Å². The lowest BCUT2D eigenvalue weighted by molar-refractivity contribution is 0.163. The number of nitrogens with one attached hydrogen (secondary N) is 1. The van der Waals surface area contributed by atoms with E-state index in [-0.39, 0.29) is 6.54 Å². The predicted molar refractivity (Wildman–Crippen MR) is 55.2 cm³/mol. The van der Waals surface area contributed by atoms with Gasteiger partial charge in [-0.1, -0.05) is 0 Å². The zero-order valence-electron chi connectivity index (χ0n) is 7.56. The van der Waals surface area contributed by atoms with Gasteiger partial charge in [-0.3, -0.25) is 0 Å². The van der Waals surface area contributed by atoms with E-state index in [0.717, 1.165) is 4.47 Å². The molecule has 0 heterocycles. The highest BCUT2D eigenvalue weighted by atomic mass is 79.9. The lowest BCUT2D eigenvalue weighted by Gasteiger charge is -2.08. The maximum Gasteiger partial charge on any atom is 0.255 e. The SMILES string of the molecule is COc1ccc(NCC(F)F)cc1Br. The number of benzene rings is 1. The maximum absolute atomic E-state index is 11.9. The first-order valence-corrected chi connectivity index (χ1v) is 4.78. The highest BCUT2D eigenvalue weighted by Crippen LogP contribution is 2.27. The quantitative estimate of drug-likeness (QED) is 0.903. The van der Waals surface area contributed by atoms with Crippen molar-refractivity contribution in [3.8, 4) is 5.75 Å². The molecule has 1 aromatic carbocycles. The van der Waals surface area contributed by atoms with Gasteiger partial charge in [0.05, 0.1) is 18.1 Å². The Morgan fingerprint density at radius 3 is 2.71 bits per heavy atom. The third-order valence-corrected chi connectivity index (χ3v) is 2.23. The van der Waals surface area contributed by atoms with Gasteiger partial charge in [-0.05, 0) is 34.1 Å². The van der Waals surface area contributed by atoms with Gasteiger partial charge in [-0.25, -0.2) is 8.78 Å². The third kappa shape index (κ3) is 3.14. The minimum Gasteiger partial charge on any atom is -0.496 e. The van der Waals surface area contributed by atoms with Gasteiger partial charge in [0, 0.05) is 5.69 Å². The van der Waals surface area contributed by atoms with E-state index in [1.165, 1.54) is 0 Å². The van der Waals surface area contributed by atoms with Crippen LogP contribution in [0.1, 0.15) is 0 Å². The lowest BCUT2D eigenvalue weighted by Crippen LogP contribution is -2.09. The molecule has 78 valence electrons. The van der Waals surface area contributed by atoms with Crippen LogP contribution < -0.4 is 10.1 Å². The van der Waals surface area contributed by atoms with Gasteiger partial charge in [0.2, 0.25) is 0 Å². The number of halogens is 3. The molecule has 1 N–H and O–H groups in total. The zero-order valence-corrected chi connectivity index (χ0v) is 9.14. The van der Waals surface area contributed by atoms with Crippen LogP contribution in [0.4, 0.5) is 14.5 Å². The van der Waals surface area contributed by atoms with Crippen molar-refractivity contribution in [2.75, 3.05) is 19.0 Å². The summed E-state index contributed by atoms with van der Waals surface area (Å²) in [6, 6.07) is 5.09. The Bertz CT molecular complexity index is 307. The molecule has 0 aliphatic rings. The van der Waals surface area contributed by atoms with Gasteiger partial charge in [-0.15, -0.1) is 0 Å². The number of alkyl halides is 2. The monoisotopic (exact) mass is 265 g/mol. The van der Waals surface area contributed by atoms with Crippen LogP contribution in [0.15, 0.2) is 22.7 Å². The molecule has 5 heteroatoms. The van der Waals surface area contributed by atoms with Crippen molar-refractivity contribution in [2.24, 2.45) is 0 Å². The van der Waals surface area contributed by atoms with Crippen molar-refractivity contribution in [3.05, 3.63) is 22.7 Å². The fourth-order valence-electron chi connectivity index (χ4n) is 0.971. The van der Waals surface area contributed by atoms with E-state index >= 15 is 0 Å². The largest absolute Gasteiger partial charge is 0.496 e. The average molecular weight is 266 g/mol. The molecule has 0 aromatic heterocycles. The predicted octanol–water partition coefficient (Wildman–Crippen LogP) is 3.13. The molecule has 0 saturated carbocycles. The van der Waals surface area contributed by atoms with Crippen molar-refractivity contribution < 1.29 is 13.5 Å². The fraction of sp³-hybridized carbons (Fsp3) is 0.333. The summed E-state index contributed by atoms with van der Waals surface area (Å²) in [4.78, 5) is 0. The molecule has 0 amide bonds. The molecule has 0 spiro atoms. The fourth-order valence-corrected chi connectivity index (χ4v) is 1.51. The Kier molecular flexibility index (Phi) is 4.13. The van der Waals surface area contributed by atoms with E-state index < -0.39 is 6.43 Å². The molecular formula is C9H10BrF2NO. The van der Waals surface area contributed by atoms with Crippen LogP contribution in [0.2, 0.25) is 0 Å². The van der Waals surface area contributed by atoms with E-state index in [2.05, 4.69) is 21.2 Å². The van der Waals surface area contributed by atoms with Gasteiger partial charge >= 0.3 is 0 Å². The highest BCUT2D eigenvalue weighted by Gasteiger charge is 2.04. The molecule has 0 aliphatic heterocycles. The molecule has 0 aliphatic carbocycles. The van der Waals surface area contributed by atoms with Crippen molar-refractivity contribution in [3.63, 3.8) is 0 Å². The zero-order chi connectivity index (χ0) is 10.6. The molecule has 14 heavy (non-hydrogen) atoms. The second-order valence-electron chi connectivity index (χ2n) is 2.62. The summed E-state index contributed by atoms with van der Waals surface area (Å²) < 4.78 is 29.5. The van der Waals surface area contributed by atoms with Crippen molar-refractivity contribution in [1.82, 2.24) is 0 Å². The summed E-state index contributed by atoms with van der Waals surface area (Å²) in [5, 5.41) is 2.60. The molecule has 1 rings (SSSR count). The van der Waals surface area contributed by atoms with Crippen LogP contribution in [0.5, 0.6) is 5.75 Å². The third-order valence-electron chi connectivity index (χ3n) is 1.61. The number of methoxy groups -OCH3 is 1. The van der Waals surface area contributed by atoms with Gasteiger partial charge in [0.25, 0.3) is 6.43 Å². The molecule has 0 radical (unpaired) electrons. The van der Waals surface area contributed by atoms with E-state index in [1.807, 2.05) is 0 Å². The molecule has 0 fully saturated rings. The first-order chi connectivity index (χ1) is 6.63. The molecule has 0 unspecified atom stereocenters. The molecule has 2 nitrogen and oxygen atoms in total. The van der Waals surface area contributed by atoms with E-state index in [0.29, 0.717) is 11.4 Å². The Hall–Kier alpha value is -0.840. The number of ether oxygens (including phenoxy) is 1. The minimum absolute atomic E-state index is 0.348. The second kappa shape index (κ2) is 5.14. The lowest BCUT2D eigenvalue weighted by atomic mass is 10.3. The number of rotatable bonds is 4. The topological polar surface area (TPSA) is 21.3 Å². The normalized spacial score (nSPS) is 10.4. The molecular weight excluding hydrogens is 256 g/mol. The smallest absolute Gasteiger partial charge is 0.255 e. The molecule has 1 aromatic rings. The van der Waals surface area contributed by atoms with Gasteiger partial charge in [0.15, 0.2) is 0 Å². The van der Waals surface area contributed by atoms with E-state index in [1.54, 1.807) is 25.3 Å². The Balaban J connectivity index is 2.66. The van der Waals surface area contributed by atoms with E-state index in [9.17, 15) is 8.78 Å². The summed E-state index contributed by atoms with van der Waals surface area (Å²) in [5.41, 5.74) is 0.637. The number of hydrogen-bond acceptors (Lipinski definition) is 2. The highest BCUT2D eigenvalue weighted by molar-refractivity contribution is 9.10. The van der Waals surface area contributed by atoms with Crippen molar-refractivity contribution >= 4 is 21.6 Å². The first-order valence-electron chi connectivity index (χ1n) is 3.99. The molecule has 0 bridgehead atoms. The average Bonchev–Trinajstić information content (AvgIpc) is 2.15. The molecule has 0 saturated heterocycles. The van der Waals surface area contributed by atoms with Crippen LogP contribution in [-0.4, -0.2) is 20.1 Å². The Morgan fingerprint density at radius 2 is 2.21 bits per heavy atom. The van der Waals surface area contributed by atoms with Crippen molar-refractivity contribution in [1.29, 1.82) is 0 Å². The van der Waals surface area contributed by atoms with Crippen LogP contribution in [0.3, 0.4) is 0 Å². The van der Waals surface area contributed by atoms with Crippen LogP contribution >= 0.6 is 15.9 Å². The summed E-state index contributed by atoms with van der Waals surface area (Å²) in [6.45, 7) is -0.348. The maximum atomic E-state index is 11.9. The van der Waals surface area contributed by atoms with Crippen LogP contribution in [0.25, 0.3) is 0 Å². The van der Waals surface area contributed by atoms with Gasteiger partial charge in [0.1, 0.15) is 5.75 Å². The summed E-state index contributed by atoms with van der Waals surface area (Å²) >= 11 is 3.26. The first kappa shape index (κ1) is 11.2. The molecule has 0 atom stereocenters. The Labute approximate surface area is 89.4 Å². The van der Waals surface area contributed by atoms with Crippen LogP contribution in [0, 0.1) is 0 Å². The van der Waals surface area contributed by atoms with Crippen LogP contribution in [-0.2, 0) is 0 Å². The Morgan fingerprint density at radius 1 is 1.50 bits per heavy atom. The summed E-state index contributed by atoms with van der Waals surface area (Å²) in [6.07, 6.45) is -2.35. The van der Waals surface area contributed by atoms with Gasteiger partial charge < -0.3 is 10.1 Å². The second-order valence-corrected chi connectivity index (χ2v) is 3.48. The number of hydrogen-bond donors (Lipinski definition) is 1. The van der Waals surface area contributed by atoms with E-state index in [4.69, 9.17) is 4.74 Å². The van der Waals surface area contributed by atoms with Gasteiger partial charge in [-0.2, -0.15) is 0 Å². The minimum atomic E-state index is -2.35.